The van der Waals surface area contributed by atoms with Crippen molar-refractivity contribution in [2.45, 2.75) is 19.9 Å². The lowest BCUT2D eigenvalue weighted by Gasteiger charge is -2.16. The monoisotopic (exact) mass is 281 g/mol. The van der Waals surface area contributed by atoms with Crippen LogP contribution in [0.3, 0.4) is 0 Å². The summed E-state index contributed by atoms with van der Waals surface area (Å²) >= 11 is 0. The van der Waals surface area contributed by atoms with Crippen molar-refractivity contribution in [2.75, 3.05) is 12.4 Å². The lowest BCUT2D eigenvalue weighted by Crippen LogP contribution is -2.06. The van der Waals surface area contributed by atoms with Gasteiger partial charge >= 0.3 is 0 Å². The summed E-state index contributed by atoms with van der Waals surface area (Å²) in [7, 11) is 1.69. The number of aryl methyl sites for hydroxylation is 1. The molecule has 0 saturated heterocycles. The maximum absolute atomic E-state index is 5.90. The van der Waals surface area contributed by atoms with E-state index in [-0.39, 0.29) is 6.04 Å². The van der Waals surface area contributed by atoms with Crippen molar-refractivity contribution in [1.82, 2.24) is 0 Å². The maximum atomic E-state index is 5.90. The summed E-state index contributed by atoms with van der Waals surface area (Å²) in [6.45, 7) is 4.13. The number of nitrogens with one attached hydrogen (secondary N) is 1. The van der Waals surface area contributed by atoms with Gasteiger partial charge in [0, 0.05) is 5.39 Å². The van der Waals surface area contributed by atoms with E-state index in [4.69, 9.17) is 9.15 Å². The van der Waals surface area contributed by atoms with Crippen molar-refractivity contribution < 1.29 is 9.15 Å². The summed E-state index contributed by atoms with van der Waals surface area (Å²) in [5.74, 6) is 1.76. The number of hydrogen-bond donors (Lipinski definition) is 1. The number of rotatable bonds is 4. The van der Waals surface area contributed by atoms with E-state index in [1.54, 1.807) is 7.11 Å². The third-order valence-corrected chi connectivity index (χ3v) is 3.60. The Morgan fingerprint density at radius 3 is 2.67 bits per heavy atom. The largest absolute Gasteiger partial charge is 0.495 e. The molecule has 0 spiro atoms. The molecule has 0 bridgehead atoms. The van der Waals surface area contributed by atoms with E-state index in [0.717, 1.165) is 28.2 Å². The van der Waals surface area contributed by atoms with Crippen molar-refractivity contribution in [3.8, 4) is 5.75 Å². The van der Waals surface area contributed by atoms with E-state index in [1.165, 1.54) is 5.56 Å². The topological polar surface area (TPSA) is 34.4 Å². The van der Waals surface area contributed by atoms with Crippen LogP contribution in [-0.2, 0) is 0 Å². The molecule has 21 heavy (non-hydrogen) atoms. The highest BCUT2D eigenvalue weighted by molar-refractivity contribution is 5.78. The van der Waals surface area contributed by atoms with Crippen molar-refractivity contribution in [2.24, 2.45) is 0 Å². The molecule has 0 fully saturated rings. The van der Waals surface area contributed by atoms with Gasteiger partial charge in [-0.15, -0.1) is 0 Å². The van der Waals surface area contributed by atoms with Crippen molar-refractivity contribution >= 4 is 16.7 Å². The first kappa shape index (κ1) is 13.6. The third-order valence-electron chi connectivity index (χ3n) is 3.60. The average molecular weight is 281 g/mol. The Balaban J connectivity index is 1.87. The summed E-state index contributed by atoms with van der Waals surface area (Å²) < 4.78 is 11.3. The van der Waals surface area contributed by atoms with Crippen LogP contribution in [0.1, 0.15) is 24.3 Å². The SMILES string of the molecule is COc1cc(C)ccc1NC(C)c1cc2ccccc2o1. The van der Waals surface area contributed by atoms with Crippen LogP contribution in [0.25, 0.3) is 11.0 Å². The zero-order chi connectivity index (χ0) is 14.8. The van der Waals surface area contributed by atoms with Gasteiger partial charge in [-0.1, -0.05) is 24.3 Å². The second-order valence-electron chi connectivity index (χ2n) is 5.26. The quantitative estimate of drug-likeness (QED) is 0.736. The summed E-state index contributed by atoms with van der Waals surface area (Å²) in [5.41, 5.74) is 3.06. The van der Waals surface area contributed by atoms with Crippen LogP contribution in [0.2, 0.25) is 0 Å². The summed E-state index contributed by atoms with van der Waals surface area (Å²) in [6.07, 6.45) is 0. The minimum absolute atomic E-state index is 0.0639. The second-order valence-corrected chi connectivity index (χ2v) is 5.26. The lowest BCUT2D eigenvalue weighted by atomic mass is 10.1. The van der Waals surface area contributed by atoms with E-state index in [9.17, 15) is 0 Å². The minimum atomic E-state index is 0.0639. The minimum Gasteiger partial charge on any atom is -0.495 e. The first-order chi connectivity index (χ1) is 10.2. The zero-order valence-electron chi connectivity index (χ0n) is 12.5. The number of benzene rings is 2. The van der Waals surface area contributed by atoms with Gasteiger partial charge in [0.1, 0.15) is 17.1 Å². The van der Waals surface area contributed by atoms with Crippen molar-refractivity contribution in [3.05, 3.63) is 59.9 Å². The highest BCUT2D eigenvalue weighted by atomic mass is 16.5. The molecule has 0 amide bonds. The number of methoxy groups -OCH3 is 1. The van der Waals surface area contributed by atoms with E-state index >= 15 is 0 Å². The summed E-state index contributed by atoms with van der Waals surface area (Å²) in [5, 5.41) is 4.57. The summed E-state index contributed by atoms with van der Waals surface area (Å²) in [4.78, 5) is 0. The van der Waals surface area contributed by atoms with Crippen LogP contribution in [0.5, 0.6) is 5.75 Å². The van der Waals surface area contributed by atoms with Crippen LogP contribution in [-0.4, -0.2) is 7.11 Å². The predicted octanol–water partition coefficient (Wildman–Crippen LogP) is 4.92. The van der Waals surface area contributed by atoms with Crippen LogP contribution >= 0.6 is 0 Å². The number of hydrogen-bond acceptors (Lipinski definition) is 3. The zero-order valence-corrected chi connectivity index (χ0v) is 12.5. The molecule has 3 heteroatoms. The maximum Gasteiger partial charge on any atom is 0.142 e. The Morgan fingerprint density at radius 2 is 1.90 bits per heavy atom. The Bertz CT molecular complexity index is 728. The molecule has 0 aliphatic heterocycles. The van der Waals surface area contributed by atoms with E-state index in [0.29, 0.717) is 0 Å². The molecule has 3 aromatic rings. The first-order valence-corrected chi connectivity index (χ1v) is 7.07. The number of ether oxygens (including phenoxy) is 1. The Morgan fingerprint density at radius 1 is 1.10 bits per heavy atom. The molecule has 1 unspecified atom stereocenters. The average Bonchev–Trinajstić information content (AvgIpc) is 2.93. The predicted molar refractivity (Wildman–Crippen MR) is 86.0 cm³/mol. The fourth-order valence-corrected chi connectivity index (χ4v) is 2.44. The van der Waals surface area contributed by atoms with Crippen LogP contribution < -0.4 is 10.1 Å². The number of furan rings is 1. The molecule has 108 valence electrons. The van der Waals surface area contributed by atoms with Crippen molar-refractivity contribution in [3.63, 3.8) is 0 Å². The smallest absolute Gasteiger partial charge is 0.142 e. The molecule has 3 rings (SSSR count). The normalized spacial score (nSPS) is 12.3. The van der Waals surface area contributed by atoms with Gasteiger partial charge in [-0.2, -0.15) is 0 Å². The first-order valence-electron chi connectivity index (χ1n) is 7.07. The molecule has 0 saturated carbocycles. The highest BCUT2D eigenvalue weighted by Gasteiger charge is 2.13. The van der Waals surface area contributed by atoms with E-state index < -0.39 is 0 Å². The van der Waals surface area contributed by atoms with Crippen molar-refractivity contribution in [1.29, 1.82) is 0 Å². The molecule has 2 aromatic carbocycles. The number of para-hydroxylation sites is 1. The molecule has 1 N–H and O–H groups in total. The van der Waals surface area contributed by atoms with Gasteiger partial charge in [0.15, 0.2) is 0 Å². The van der Waals surface area contributed by atoms with Crippen LogP contribution in [0, 0.1) is 6.92 Å². The van der Waals surface area contributed by atoms with Gasteiger partial charge < -0.3 is 14.5 Å². The highest BCUT2D eigenvalue weighted by Crippen LogP contribution is 2.31. The van der Waals surface area contributed by atoms with Crippen LogP contribution in [0.4, 0.5) is 5.69 Å². The van der Waals surface area contributed by atoms with Crippen LogP contribution in [0.15, 0.2) is 52.9 Å². The molecule has 0 radical (unpaired) electrons. The molecule has 0 aliphatic rings. The molecule has 1 aromatic heterocycles. The fraction of sp³-hybridized carbons (Fsp3) is 0.222. The van der Waals surface area contributed by atoms with Gasteiger partial charge in [-0.25, -0.2) is 0 Å². The number of anilines is 1. The van der Waals surface area contributed by atoms with Gasteiger partial charge in [0.2, 0.25) is 0 Å². The van der Waals surface area contributed by atoms with Gasteiger partial charge in [0.05, 0.1) is 18.8 Å². The Kier molecular flexibility index (Phi) is 3.57. The Hall–Kier alpha value is -2.42. The molecule has 1 heterocycles. The second kappa shape index (κ2) is 5.52. The van der Waals surface area contributed by atoms with Gasteiger partial charge in [-0.05, 0) is 43.7 Å². The van der Waals surface area contributed by atoms with E-state index in [1.807, 2.05) is 30.3 Å². The Labute approximate surface area is 124 Å². The molecular formula is C18H19NO2. The lowest BCUT2D eigenvalue weighted by molar-refractivity contribution is 0.415. The molecule has 0 aliphatic carbocycles. The molecular weight excluding hydrogens is 262 g/mol. The van der Waals surface area contributed by atoms with Gasteiger partial charge in [0.25, 0.3) is 0 Å². The standard InChI is InChI=1S/C18H19NO2/c1-12-8-9-15(18(10-12)20-3)19-13(2)17-11-14-6-4-5-7-16(14)21-17/h4-11,13,19H,1-3H3. The number of fused-ring (bicyclic) bond motifs is 1. The van der Waals surface area contributed by atoms with E-state index in [2.05, 4.69) is 37.4 Å². The van der Waals surface area contributed by atoms with Gasteiger partial charge in [-0.3, -0.25) is 0 Å². The summed E-state index contributed by atoms with van der Waals surface area (Å²) in [6, 6.07) is 16.3. The molecule has 1 atom stereocenters. The third kappa shape index (κ3) is 2.72. The fourth-order valence-electron chi connectivity index (χ4n) is 2.44. The molecule has 3 nitrogen and oxygen atoms in total.